The predicted molar refractivity (Wildman–Crippen MR) is 76.4 cm³/mol. The van der Waals surface area contributed by atoms with Crippen molar-refractivity contribution >= 4 is 43.2 Å². The Morgan fingerprint density at radius 3 is 2.00 bits per heavy atom. The molecule has 0 bridgehead atoms. The number of nitrogens with one attached hydrogen (secondary N) is 1. The molecule has 1 N–H and O–H groups in total. The first-order valence-electron chi connectivity index (χ1n) is 5.80. The van der Waals surface area contributed by atoms with Crippen molar-refractivity contribution in [2.45, 2.75) is 31.7 Å². The molecule has 1 unspecified atom stereocenters. The lowest BCUT2D eigenvalue weighted by atomic mass is 9.93. The zero-order valence-electron chi connectivity index (χ0n) is 10.6. The number of thiophene rings is 1. The molecule has 122 valence electrons. The Morgan fingerprint density at radius 2 is 1.67 bits per heavy atom. The maximum Gasteiger partial charge on any atom is 0.402 e. The van der Waals surface area contributed by atoms with Crippen molar-refractivity contribution in [1.29, 1.82) is 0 Å². The third-order valence-corrected chi connectivity index (χ3v) is 5.06. The van der Waals surface area contributed by atoms with Gasteiger partial charge in [-0.1, -0.05) is 6.92 Å². The Kier molecular flexibility index (Phi) is 6.58. The molecule has 1 heterocycles. The Bertz CT molecular complexity index is 456. The normalized spacial score (nSPS) is 14.8. The van der Waals surface area contributed by atoms with E-state index in [-0.39, 0.29) is 15.9 Å². The van der Waals surface area contributed by atoms with Crippen LogP contribution >= 0.6 is 43.2 Å². The fourth-order valence-electron chi connectivity index (χ4n) is 1.84. The highest BCUT2D eigenvalue weighted by Crippen LogP contribution is 2.49. The molecule has 0 saturated heterocycles. The monoisotopic (exact) mass is 461 g/mol. The van der Waals surface area contributed by atoms with E-state index in [1.54, 1.807) is 6.92 Å². The summed E-state index contributed by atoms with van der Waals surface area (Å²) in [5.74, 6) is -3.46. The molecule has 0 aromatic carbocycles. The van der Waals surface area contributed by atoms with Gasteiger partial charge in [0.2, 0.25) is 0 Å². The van der Waals surface area contributed by atoms with Gasteiger partial charge in [0, 0.05) is 0 Å². The summed E-state index contributed by atoms with van der Waals surface area (Å²) in [6.45, 7) is 1.71. The smallest absolute Gasteiger partial charge is 0.309 e. The molecule has 0 spiro atoms. The van der Waals surface area contributed by atoms with Crippen LogP contribution in [0.4, 0.5) is 26.3 Å². The Hall–Kier alpha value is 0.200. The molecule has 0 radical (unpaired) electrons. The van der Waals surface area contributed by atoms with E-state index in [9.17, 15) is 26.3 Å². The van der Waals surface area contributed by atoms with Gasteiger partial charge in [-0.2, -0.15) is 26.3 Å². The minimum absolute atomic E-state index is 0.0488. The van der Waals surface area contributed by atoms with Crippen LogP contribution in [0.5, 0.6) is 0 Å². The quantitative estimate of drug-likeness (QED) is 0.525. The van der Waals surface area contributed by atoms with Gasteiger partial charge in [-0.25, -0.2) is 0 Å². The summed E-state index contributed by atoms with van der Waals surface area (Å²) < 4.78 is 78.3. The summed E-state index contributed by atoms with van der Waals surface area (Å²) >= 11 is 7.12. The van der Waals surface area contributed by atoms with Crippen LogP contribution < -0.4 is 5.32 Å². The number of halogens is 8. The van der Waals surface area contributed by atoms with E-state index in [0.29, 0.717) is 10.2 Å². The standard InChI is InChI=1S/C11H11Br2F6NS/c1-2-3-20-7(5-4-6(12)21-9(5)13)8(10(14,15)16)11(17,18)19/h4,7-8,20H,2-3H2,1H3. The summed E-state index contributed by atoms with van der Waals surface area (Å²) in [7, 11) is 0. The van der Waals surface area contributed by atoms with Gasteiger partial charge in [0.1, 0.15) is 0 Å². The predicted octanol–water partition coefficient (Wildman–Crippen LogP) is 6.05. The van der Waals surface area contributed by atoms with E-state index in [2.05, 4.69) is 37.2 Å². The van der Waals surface area contributed by atoms with Gasteiger partial charge in [-0.05, 0) is 56.5 Å². The fraction of sp³-hybridized carbons (Fsp3) is 0.636. The van der Waals surface area contributed by atoms with E-state index < -0.39 is 24.3 Å². The largest absolute Gasteiger partial charge is 0.402 e. The number of hydrogen-bond donors (Lipinski definition) is 1. The lowest BCUT2D eigenvalue weighted by Gasteiger charge is -2.31. The maximum absolute atomic E-state index is 12.9. The number of rotatable bonds is 5. The molecule has 1 atom stereocenters. The first-order valence-corrected chi connectivity index (χ1v) is 8.20. The fourth-order valence-corrected chi connectivity index (χ4v) is 4.76. The van der Waals surface area contributed by atoms with Crippen molar-refractivity contribution in [2.75, 3.05) is 6.54 Å². The van der Waals surface area contributed by atoms with Crippen LogP contribution in [0.2, 0.25) is 0 Å². The van der Waals surface area contributed by atoms with Gasteiger partial charge < -0.3 is 5.32 Å². The lowest BCUT2D eigenvalue weighted by Crippen LogP contribution is -2.46. The van der Waals surface area contributed by atoms with Crippen molar-refractivity contribution in [1.82, 2.24) is 5.32 Å². The van der Waals surface area contributed by atoms with E-state index in [0.717, 1.165) is 11.3 Å². The van der Waals surface area contributed by atoms with Crippen LogP contribution in [0.25, 0.3) is 0 Å². The molecule has 0 saturated carbocycles. The Balaban J connectivity index is 3.30. The maximum atomic E-state index is 12.9. The molecule has 0 aliphatic heterocycles. The molecule has 1 nitrogen and oxygen atoms in total. The first-order chi connectivity index (χ1) is 9.48. The molecular weight excluding hydrogens is 452 g/mol. The van der Waals surface area contributed by atoms with Gasteiger partial charge >= 0.3 is 12.4 Å². The van der Waals surface area contributed by atoms with Gasteiger partial charge in [0.05, 0.1) is 13.6 Å². The zero-order valence-corrected chi connectivity index (χ0v) is 14.6. The molecule has 1 aromatic rings. The van der Waals surface area contributed by atoms with Crippen LogP contribution in [0, 0.1) is 5.92 Å². The van der Waals surface area contributed by atoms with E-state index in [4.69, 9.17) is 0 Å². The average molecular weight is 463 g/mol. The van der Waals surface area contributed by atoms with Gasteiger partial charge in [-0.15, -0.1) is 11.3 Å². The number of alkyl halides is 6. The second-order valence-corrected chi connectivity index (χ2v) is 8.02. The molecule has 21 heavy (non-hydrogen) atoms. The van der Waals surface area contributed by atoms with Crippen LogP contribution in [-0.2, 0) is 0 Å². The lowest BCUT2D eigenvalue weighted by molar-refractivity contribution is -0.292. The van der Waals surface area contributed by atoms with Crippen molar-refractivity contribution < 1.29 is 26.3 Å². The van der Waals surface area contributed by atoms with Gasteiger partial charge in [0.25, 0.3) is 0 Å². The van der Waals surface area contributed by atoms with Crippen LogP contribution in [0.15, 0.2) is 13.6 Å². The van der Waals surface area contributed by atoms with Crippen molar-refractivity contribution in [2.24, 2.45) is 5.92 Å². The van der Waals surface area contributed by atoms with Crippen LogP contribution in [-0.4, -0.2) is 18.9 Å². The average Bonchev–Trinajstić information content (AvgIpc) is 2.59. The third-order valence-electron chi connectivity index (χ3n) is 2.67. The van der Waals surface area contributed by atoms with E-state index >= 15 is 0 Å². The first kappa shape index (κ1) is 19.2. The molecule has 0 fully saturated rings. The topological polar surface area (TPSA) is 12.0 Å². The highest BCUT2D eigenvalue weighted by molar-refractivity contribution is 9.12. The molecule has 10 heteroatoms. The van der Waals surface area contributed by atoms with Gasteiger partial charge in [0.15, 0.2) is 5.92 Å². The van der Waals surface area contributed by atoms with Crippen LogP contribution in [0.3, 0.4) is 0 Å². The highest BCUT2D eigenvalue weighted by atomic mass is 79.9. The summed E-state index contributed by atoms with van der Waals surface area (Å²) in [5, 5.41) is 2.37. The molecule has 0 aliphatic rings. The second kappa shape index (κ2) is 7.18. The van der Waals surface area contributed by atoms with Crippen molar-refractivity contribution in [3.05, 3.63) is 19.2 Å². The van der Waals surface area contributed by atoms with E-state index in [1.807, 2.05) is 0 Å². The Labute approximate surface area is 138 Å². The summed E-state index contributed by atoms with van der Waals surface area (Å²) in [4.78, 5) is 0. The van der Waals surface area contributed by atoms with E-state index in [1.165, 1.54) is 6.07 Å². The Morgan fingerprint density at radius 1 is 1.14 bits per heavy atom. The third kappa shape index (κ3) is 5.11. The molecule has 0 aliphatic carbocycles. The highest BCUT2D eigenvalue weighted by Gasteiger charge is 2.60. The number of hydrogen-bond acceptors (Lipinski definition) is 2. The van der Waals surface area contributed by atoms with Gasteiger partial charge in [-0.3, -0.25) is 0 Å². The van der Waals surface area contributed by atoms with Crippen LogP contribution in [0.1, 0.15) is 24.9 Å². The minimum Gasteiger partial charge on any atom is -0.309 e. The second-order valence-electron chi connectivity index (χ2n) is 4.27. The zero-order chi connectivity index (χ0) is 16.4. The molecule has 1 aromatic heterocycles. The SMILES string of the molecule is CCCNC(c1cc(Br)sc1Br)C(C(F)(F)F)C(F)(F)F. The summed E-state index contributed by atoms with van der Waals surface area (Å²) in [6, 6.07) is -0.617. The minimum atomic E-state index is -5.39. The molecule has 0 amide bonds. The summed E-state index contributed by atoms with van der Waals surface area (Å²) in [5.41, 5.74) is -0.0556. The summed E-state index contributed by atoms with van der Waals surface area (Å²) in [6.07, 6.45) is -10.4. The van der Waals surface area contributed by atoms with Crippen molar-refractivity contribution in [3.63, 3.8) is 0 Å². The van der Waals surface area contributed by atoms with Crippen molar-refractivity contribution in [3.8, 4) is 0 Å². The molecule has 1 rings (SSSR count). The molecular formula is C11H11Br2F6NS.